The molecule has 1 aliphatic heterocycles. The molecule has 0 radical (unpaired) electrons. The Morgan fingerprint density at radius 3 is 2.35 bits per heavy atom. The third-order valence-corrected chi connectivity index (χ3v) is 6.80. The third kappa shape index (κ3) is 6.73. The van der Waals surface area contributed by atoms with Gasteiger partial charge < -0.3 is 19.4 Å². The molecule has 1 saturated heterocycles. The van der Waals surface area contributed by atoms with Crippen LogP contribution in [0.3, 0.4) is 0 Å². The number of hydrogen-bond donors (Lipinski definition) is 1. The number of benzene rings is 2. The maximum absolute atomic E-state index is 12.6. The van der Waals surface area contributed by atoms with E-state index in [1.807, 2.05) is 26.0 Å². The van der Waals surface area contributed by atoms with Crippen LogP contribution < -0.4 is 4.90 Å². The Hall–Kier alpha value is -2.02. The number of quaternary nitrogens is 1. The normalized spacial score (nSPS) is 15.8. The van der Waals surface area contributed by atoms with E-state index in [1.54, 1.807) is 11.8 Å². The minimum absolute atomic E-state index is 0.0542. The molecule has 1 fully saturated rings. The lowest BCUT2D eigenvalue weighted by Gasteiger charge is -2.37. The number of rotatable bonds is 7. The first kappa shape index (κ1) is 23.6. The van der Waals surface area contributed by atoms with E-state index in [-0.39, 0.29) is 12.3 Å². The number of carbonyl (C=O) groups excluding carboxylic acids is 1. The highest BCUT2D eigenvalue weighted by atomic mass is 32.2. The van der Waals surface area contributed by atoms with Gasteiger partial charge in [-0.3, -0.25) is 4.79 Å². The highest BCUT2D eigenvalue weighted by Crippen LogP contribution is 2.37. The molecule has 1 aliphatic rings. The van der Waals surface area contributed by atoms with Crippen molar-refractivity contribution >= 4 is 23.4 Å². The van der Waals surface area contributed by atoms with Gasteiger partial charge in [-0.05, 0) is 37.6 Å². The van der Waals surface area contributed by atoms with E-state index in [1.165, 1.54) is 26.6 Å². The SMILES string of the molecule is Cc1ccc(Sc2ccccc2N2CCN(C(=O)C[C@@H](O)C[N+](C)(C)C)CC2)c(C)c1. The summed E-state index contributed by atoms with van der Waals surface area (Å²) in [5, 5.41) is 10.3. The smallest absolute Gasteiger partial charge is 0.225 e. The van der Waals surface area contributed by atoms with E-state index in [0.29, 0.717) is 24.1 Å². The van der Waals surface area contributed by atoms with Gasteiger partial charge in [0.2, 0.25) is 5.91 Å². The van der Waals surface area contributed by atoms with Gasteiger partial charge in [-0.1, -0.05) is 41.6 Å². The first-order valence-electron chi connectivity index (χ1n) is 11.0. The highest BCUT2D eigenvalue weighted by Gasteiger charge is 2.26. The molecule has 6 heteroatoms. The molecule has 1 amide bonds. The lowest BCUT2D eigenvalue weighted by atomic mass is 10.2. The second-order valence-corrected chi connectivity index (χ2v) is 10.6. The second-order valence-electron chi connectivity index (χ2n) is 9.54. The summed E-state index contributed by atoms with van der Waals surface area (Å²) in [5.41, 5.74) is 3.80. The summed E-state index contributed by atoms with van der Waals surface area (Å²) in [6.45, 7) is 7.86. The summed E-state index contributed by atoms with van der Waals surface area (Å²) in [6, 6.07) is 15.1. The van der Waals surface area contributed by atoms with Crippen LogP contribution in [0.25, 0.3) is 0 Å². The van der Waals surface area contributed by atoms with Crippen LogP contribution in [0.4, 0.5) is 5.69 Å². The molecule has 0 spiro atoms. The predicted octanol–water partition coefficient (Wildman–Crippen LogP) is 3.56. The van der Waals surface area contributed by atoms with E-state index < -0.39 is 6.10 Å². The minimum atomic E-state index is -0.597. The molecular weight excluding hydrogens is 406 g/mol. The van der Waals surface area contributed by atoms with Crippen molar-refractivity contribution in [1.82, 2.24) is 4.90 Å². The van der Waals surface area contributed by atoms with Crippen molar-refractivity contribution in [3.63, 3.8) is 0 Å². The number of hydrogen-bond acceptors (Lipinski definition) is 4. The van der Waals surface area contributed by atoms with Crippen LogP contribution in [0.5, 0.6) is 0 Å². The molecular formula is C25H36N3O2S+. The fourth-order valence-corrected chi connectivity index (χ4v) is 5.10. The zero-order valence-corrected chi connectivity index (χ0v) is 20.3. The Bertz CT molecular complexity index is 902. The molecule has 2 aromatic rings. The Morgan fingerprint density at radius 2 is 1.71 bits per heavy atom. The zero-order chi connectivity index (χ0) is 22.6. The fourth-order valence-electron chi connectivity index (χ4n) is 4.06. The van der Waals surface area contributed by atoms with Gasteiger partial charge in [-0.25, -0.2) is 0 Å². The number of nitrogens with zero attached hydrogens (tertiary/aromatic N) is 3. The number of aliphatic hydroxyl groups excluding tert-OH is 1. The van der Waals surface area contributed by atoms with Crippen molar-refractivity contribution < 1.29 is 14.4 Å². The van der Waals surface area contributed by atoms with Gasteiger partial charge in [0, 0.05) is 36.0 Å². The van der Waals surface area contributed by atoms with Crippen LogP contribution in [-0.4, -0.2) is 80.4 Å². The van der Waals surface area contributed by atoms with Gasteiger partial charge in [-0.15, -0.1) is 0 Å². The van der Waals surface area contributed by atoms with Crippen molar-refractivity contribution in [3.8, 4) is 0 Å². The summed E-state index contributed by atoms with van der Waals surface area (Å²) in [5.74, 6) is 0.0542. The second kappa shape index (κ2) is 10.1. The molecule has 0 bridgehead atoms. The van der Waals surface area contributed by atoms with E-state index in [2.05, 4.69) is 61.2 Å². The highest BCUT2D eigenvalue weighted by molar-refractivity contribution is 7.99. The van der Waals surface area contributed by atoms with Crippen LogP contribution in [-0.2, 0) is 4.79 Å². The Balaban J connectivity index is 1.62. The first-order chi connectivity index (χ1) is 14.6. The van der Waals surface area contributed by atoms with Crippen molar-refractivity contribution in [3.05, 3.63) is 53.6 Å². The average Bonchev–Trinajstić information content (AvgIpc) is 2.69. The number of para-hydroxylation sites is 1. The number of carbonyl (C=O) groups is 1. The molecule has 3 rings (SSSR count). The minimum Gasteiger partial charge on any atom is -0.387 e. The molecule has 2 aromatic carbocycles. The van der Waals surface area contributed by atoms with Crippen LogP contribution >= 0.6 is 11.8 Å². The van der Waals surface area contributed by atoms with Gasteiger partial charge >= 0.3 is 0 Å². The van der Waals surface area contributed by atoms with Gasteiger partial charge in [0.1, 0.15) is 12.6 Å². The molecule has 0 unspecified atom stereocenters. The molecule has 0 aromatic heterocycles. The molecule has 168 valence electrons. The maximum Gasteiger partial charge on any atom is 0.225 e. The topological polar surface area (TPSA) is 43.8 Å². The summed E-state index contributed by atoms with van der Waals surface area (Å²) >= 11 is 1.81. The molecule has 31 heavy (non-hydrogen) atoms. The van der Waals surface area contributed by atoms with E-state index in [9.17, 15) is 9.90 Å². The summed E-state index contributed by atoms with van der Waals surface area (Å²) < 4.78 is 0.650. The van der Waals surface area contributed by atoms with Gasteiger partial charge in [0.05, 0.1) is 33.3 Å². The standard InChI is InChI=1S/C25H36N3O2S/c1-19-10-11-23(20(2)16-19)31-24-9-7-6-8-22(24)26-12-14-27(15-13-26)25(30)17-21(29)18-28(3,4)5/h6-11,16,21,29H,12-15,17-18H2,1-5H3/q+1/t21-/m1/s1. The monoisotopic (exact) mass is 442 g/mol. The zero-order valence-electron chi connectivity index (χ0n) is 19.5. The third-order valence-electron chi connectivity index (χ3n) is 5.56. The molecule has 0 aliphatic carbocycles. The Labute approximate surface area is 191 Å². The Morgan fingerprint density at radius 1 is 1.03 bits per heavy atom. The number of aryl methyl sites for hydroxylation is 2. The number of aliphatic hydroxyl groups is 1. The van der Waals surface area contributed by atoms with Crippen molar-refractivity contribution in [2.24, 2.45) is 0 Å². The number of likely N-dealkylation sites (N-methyl/N-ethyl adjacent to an activating group) is 1. The van der Waals surface area contributed by atoms with Crippen molar-refractivity contribution in [2.45, 2.75) is 36.2 Å². The molecule has 1 N–H and O–H groups in total. The van der Waals surface area contributed by atoms with Crippen LogP contribution in [0, 0.1) is 13.8 Å². The first-order valence-corrected chi connectivity index (χ1v) is 11.8. The van der Waals surface area contributed by atoms with Crippen molar-refractivity contribution in [2.75, 3.05) is 58.8 Å². The molecule has 5 nitrogen and oxygen atoms in total. The average molecular weight is 443 g/mol. The largest absolute Gasteiger partial charge is 0.387 e. The van der Waals surface area contributed by atoms with E-state index in [0.717, 1.165) is 13.1 Å². The lowest BCUT2D eigenvalue weighted by molar-refractivity contribution is -0.873. The number of anilines is 1. The lowest BCUT2D eigenvalue weighted by Crippen LogP contribution is -2.50. The summed E-state index contributed by atoms with van der Waals surface area (Å²) in [7, 11) is 6.08. The van der Waals surface area contributed by atoms with Crippen molar-refractivity contribution in [1.29, 1.82) is 0 Å². The summed E-state index contributed by atoms with van der Waals surface area (Å²) in [4.78, 5) is 19.4. The van der Waals surface area contributed by atoms with Crippen LogP contribution in [0.15, 0.2) is 52.3 Å². The number of amides is 1. The summed E-state index contributed by atoms with van der Waals surface area (Å²) in [6.07, 6.45) is -0.394. The van der Waals surface area contributed by atoms with Crippen LogP contribution in [0.1, 0.15) is 17.5 Å². The predicted molar refractivity (Wildman–Crippen MR) is 129 cm³/mol. The van der Waals surface area contributed by atoms with E-state index >= 15 is 0 Å². The van der Waals surface area contributed by atoms with Gasteiger partial charge in [-0.2, -0.15) is 0 Å². The Kier molecular flexibility index (Phi) is 7.68. The molecule has 1 atom stereocenters. The number of piperazine rings is 1. The van der Waals surface area contributed by atoms with Crippen LogP contribution in [0.2, 0.25) is 0 Å². The quantitative estimate of drug-likeness (QED) is 0.666. The van der Waals surface area contributed by atoms with Gasteiger partial charge in [0.25, 0.3) is 0 Å². The van der Waals surface area contributed by atoms with Gasteiger partial charge in [0.15, 0.2) is 0 Å². The van der Waals surface area contributed by atoms with E-state index in [4.69, 9.17) is 0 Å². The fraction of sp³-hybridized carbons (Fsp3) is 0.480. The molecule has 1 heterocycles. The maximum atomic E-state index is 12.6. The molecule has 0 saturated carbocycles.